The van der Waals surface area contributed by atoms with Gasteiger partial charge in [-0.25, -0.2) is 4.98 Å². The van der Waals surface area contributed by atoms with Crippen molar-refractivity contribution in [3.8, 4) is 0 Å². The summed E-state index contributed by atoms with van der Waals surface area (Å²) in [4.78, 5) is 26.5. The van der Waals surface area contributed by atoms with E-state index in [9.17, 15) is 14.9 Å². The van der Waals surface area contributed by atoms with Crippen molar-refractivity contribution >= 4 is 34.1 Å². The second-order valence-electron chi connectivity index (χ2n) is 5.96. The molecule has 1 amide bonds. The van der Waals surface area contributed by atoms with Crippen LogP contribution >= 0.6 is 11.3 Å². The smallest absolute Gasteiger partial charge is 0.270 e. The van der Waals surface area contributed by atoms with Crippen molar-refractivity contribution in [2.24, 2.45) is 0 Å². The Hall–Kier alpha value is -2.54. The number of nitrogens with zero attached hydrogens (tertiary/aromatic N) is 2. The van der Waals surface area contributed by atoms with Crippen LogP contribution in [0, 0.1) is 10.1 Å². The van der Waals surface area contributed by atoms with E-state index < -0.39 is 4.92 Å². The first-order valence-electron chi connectivity index (χ1n) is 6.95. The maximum atomic E-state index is 11.9. The van der Waals surface area contributed by atoms with Gasteiger partial charge in [0.25, 0.3) is 5.69 Å². The molecule has 23 heavy (non-hydrogen) atoms. The monoisotopic (exact) mass is 331 g/mol. The highest BCUT2D eigenvalue weighted by Gasteiger charge is 2.17. The fourth-order valence-corrected chi connectivity index (χ4v) is 2.68. The molecule has 0 saturated heterocycles. The Morgan fingerprint density at radius 1 is 1.39 bits per heavy atom. The molecule has 0 unspecified atom stereocenters. The zero-order valence-corrected chi connectivity index (χ0v) is 13.9. The lowest BCUT2D eigenvalue weighted by Crippen LogP contribution is -2.12. The van der Waals surface area contributed by atoms with Gasteiger partial charge >= 0.3 is 0 Å². The Morgan fingerprint density at radius 3 is 2.74 bits per heavy atom. The van der Waals surface area contributed by atoms with Gasteiger partial charge in [0.1, 0.15) is 0 Å². The average molecular weight is 331 g/mol. The molecule has 6 nitrogen and oxygen atoms in total. The summed E-state index contributed by atoms with van der Waals surface area (Å²) in [5.74, 6) is -0.327. The van der Waals surface area contributed by atoms with E-state index in [1.807, 2.05) is 5.38 Å². The summed E-state index contributed by atoms with van der Waals surface area (Å²) < 4.78 is 0. The van der Waals surface area contributed by atoms with Gasteiger partial charge in [-0.1, -0.05) is 32.9 Å². The number of carbonyl (C=O) groups excluding carboxylic acids is 1. The first-order valence-corrected chi connectivity index (χ1v) is 7.83. The first kappa shape index (κ1) is 16.8. The molecule has 0 spiro atoms. The van der Waals surface area contributed by atoms with Gasteiger partial charge in [0.05, 0.1) is 10.6 Å². The Morgan fingerprint density at radius 2 is 2.13 bits per heavy atom. The van der Waals surface area contributed by atoms with E-state index in [2.05, 4.69) is 31.1 Å². The molecule has 0 bridgehead atoms. The predicted molar refractivity (Wildman–Crippen MR) is 91.6 cm³/mol. The number of hydrogen-bond donors (Lipinski definition) is 1. The van der Waals surface area contributed by atoms with Crippen LogP contribution in [0.3, 0.4) is 0 Å². The molecule has 1 aromatic heterocycles. The van der Waals surface area contributed by atoms with Gasteiger partial charge in [-0.3, -0.25) is 20.2 Å². The summed E-state index contributed by atoms with van der Waals surface area (Å²) in [7, 11) is 0. The van der Waals surface area contributed by atoms with E-state index in [-0.39, 0.29) is 17.0 Å². The maximum absolute atomic E-state index is 11.9. The molecule has 0 fully saturated rings. The van der Waals surface area contributed by atoms with Crippen molar-refractivity contribution in [3.63, 3.8) is 0 Å². The first-order chi connectivity index (χ1) is 10.8. The fourth-order valence-electron chi connectivity index (χ4n) is 1.74. The molecule has 0 radical (unpaired) electrons. The molecular weight excluding hydrogens is 314 g/mol. The molecule has 0 aliphatic heterocycles. The Bertz CT molecular complexity index is 760. The van der Waals surface area contributed by atoms with Gasteiger partial charge in [0, 0.05) is 29.0 Å². The third-order valence-corrected chi connectivity index (χ3v) is 3.77. The molecule has 1 heterocycles. The summed E-state index contributed by atoms with van der Waals surface area (Å²) >= 11 is 1.37. The number of hydrogen-bond acceptors (Lipinski definition) is 5. The van der Waals surface area contributed by atoms with E-state index in [0.29, 0.717) is 10.7 Å². The number of nitro benzene ring substituents is 1. The zero-order chi connectivity index (χ0) is 17.0. The van der Waals surface area contributed by atoms with Gasteiger partial charge in [-0.15, -0.1) is 11.3 Å². The Balaban J connectivity index is 2.03. The fraction of sp³-hybridized carbons (Fsp3) is 0.250. The number of nitro groups is 1. The van der Waals surface area contributed by atoms with E-state index in [4.69, 9.17) is 0 Å². The van der Waals surface area contributed by atoms with E-state index >= 15 is 0 Å². The van der Waals surface area contributed by atoms with Crippen molar-refractivity contribution < 1.29 is 9.72 Å². The summed E-state index contributed by atoms with van der Waals surface area (Å²) in [5.41, 5.74) is 1.42. The van der Waals surface area contributed by atoms with Crippen LogP contribution in [0.15, 0.2) is 35.7 Å². The largest absolute Gasteiger partial charge is 0.298 e. The van der Waals surface area contributed by atoms with Crippen LogP contribution in [-0.2, 0) is 10.2 Å². The highest BCUT2D eigenvalue weighted by atomic mass is 32.1. The number of nitrogens with one attached hydrogen (secondary N) is 1. The average Bonchev–Trinajstić information content (AvgIpc) is 2.94. The number of thiazole rings is 1. The molecule has 0 aliphatic rings. The van der Waals surface area contributed by atoms with Crippen molar-refractivity contribution in [2.75, 3.05) is 5.32 Å². The molecule has 2 aromatic rings. The quantitative estimate of drug-likeness (QED) is 0.521. The van der Waals surface area contributed by atoms with Crippen molar-refractivity contribution in [3.05, 3.63) is 57.1 Å². The molecule has 7 heteroatoms. The summed E-state index contributed by atoms with van der Waals surface area (Å²) in [6, 6.07) is 6.08. The lowest BCUT2D eigenvalue weighted by atomic mass is 9.93. The number of rotatable bonds is 4. The molecular formula is C16H17N3O3S. The van der Waals surface area contributed by atoms with E-state index in [0.717, 1.165) is 5.69 Å². The topological polar surface area (TPSA) is 85.1 Å². The number of non-ortho nitro benzene ring substituents is 1. The molecule has 2 rings (SSSR count). The zero-order valence-electron chi connectivity index (χ0n) is 13.1. The number of amides is 1. The number of carbonyl (C=O) groups is 1. The SMILES string of the molecule is CC(C)(C)c1csc(NC(=O)/C=C/c2cccc([N+](=O)[O-])c2)n1. The summed E-state index contributed by atoms with van der Waals surface area (Å²) in [6.07, 6.45) is 2.86. The van der Waals surface area contributed by atoms with Gasteiger partial charge in [-0.05, 0) is 11.6 Å². The highest BCUT2D eigenvalue weighted by Crippen LogP contribution is 2.26. The van der Waals surface area contributed by atoms with Crippen LogP contribution in [0.25, 0.3) is 6.08 Å². The molecule has 0 atom stereocenters. The summed E-state index contributed by atoms with van der Waals surface area (Å²) in [6.45, 7) is 6.15. The van der Waals surface area contributed by atoms with Crippen LogP contribution in [0.4, 0.5) is 10.8 Å². The van der Waals surface area contributed by atoms with Crippen molar-refractivity contribution in [1.29, 1.82) is 0 Å². The third kappa shape index (κ3) is 4.72. The minimum absolute atomic E-state index is 0.0118. The van der Waals surface area contributed by atoms with Crippen molar-refractivity contribution in [2.45, 2.75) is 26.2 Å². The lowest BCUT2D eigenvalue weighted by Gasteiger charge is -2.14. The van der Waals surface area contributed by atoms with E-state index in [1.54, 1.807) is 12.1 Å². The van der Waals surface area contributed by atoms with Crippen LogP contribution < -0.4 is 5.32 Å². The van der Waals surface area contributed by atoms with E-state index in [1.165, 1.54) is 35.6 Å². The van der Waals surface area contributed by atoms with Crippen molar-refractivity contribution in [1.82, 2.24) is 4.98 Å². The van der Waals surface area contributed by atoms with Gasteiger partial charge < -0.3 is 0 Å². The van der Waals surface area contributed by atoms with Crippen LogP contribution in [-0.4, -0.2) is 15.8 Å². The second kappa shape index (κ2) is 6.70. The van der Waals surface area contributed by atoms with Gasteiger partial charge in [0.2, 0.25) is 5.91 Å². The normalized spacial score (nSPS) is 11.6. The molecule has 0 aliphatic carbocycles. The molecule has 120 valence electrons. The molecule has 0 saturated carbocycles. The molecule has 1 N–H and O–H groups in total. The van der Waals surface area contributed by atoms with Crippen LogP contribution in [0.5, 0.6) is 0 Å². The third-order valence-electron chi connectivity index (χ3n) is 3.01. The summed E-state index contributed by atoms with van der Waals surface area (Å²) in [5, 5.41) is 15.8. The highest BCUT2D eigenvalue weighted by molar-refractivity contribution is 7.14. The minimum Gasteiger partial charge on any atom is -0.298 e. The Labute approximate surface area is 138 Å². The lowest BCUT2D eigenvalue weighted by molar-refractivity contribution is -0.384. The second-order valence-corrected chi connectivity index (χ2v) is 6.82. The van der Waals surface area contributed by atoms with Crippen LogP contribution in [0.1, 0.15) is 32.0 Å². The number of anilines is 1. The standard InChI is InChI=1S/C16H17N3O3S/c1-16(2,3)13-10-23-15(17-13)18-14(20)8-7-11-5-4-6-12(9-11)19(21)22/h4-10H,1-3H3,(H,17,18,20)/b8-7+. The van der Waals surface area contributed by atoms with Gasteiger partial charge in [-0.2, -0.15) is 0 Å². The number of benzene rings is 1. The number of aromatic nitrogens is 1. The van der Waals surface area contributed by atoms with Crippen LogP contribution in [0.2, 0.25) is 0 Å². The predicted octanol–water partition coefficient (Wildman–Crippen LogP) is 4.00. The maximum Gasteiger partial charge on any atom is 0.270 e. The molecule has 1 aromatic carbocycles. The van der Waals surface area contributed by atoms with Gasteiger partial charge in [0.15, 0.2) is 5.13 Å². The Kier molecular flexibility index (Phi) is 4.90. The minimum atomic E-state index is -0.471.